The second-order valence-electron chi connectivity index (χ2n) is 5.77. The number of nitrogens with one attached hydrogen (secondary N) is 1. The van der Waals surface area contributed by atoms with Crippen LogP contribution in [-0.4, -0.2) is 46.9 Å². The molecule has 1 N–H and O–H groups in total. The summed E-state index contributed by atoms with van der Waals surface area (Å²) < 4.78 is 16.8. The number of hydrogen-bond acceptors (Lipinski definition) is 9. The maximum absolute atomic E-state index is 11.6. The van der Waals surface area contributed by atoms with E-state index < -0.39 is 0 Å². The molecule has 0 spiro atoms. The number of aryl methyl sites for hydroxylation is 1. The van der Waals surface area contributed by atoms with Crippen LogP contribution < -0.4 is 10.1 Å². The smallest absolute Gasteiger partial charge is 0.323 e. The number of ether oxygens (including phenoxy) is 2. The van der Waals surface area contributed by atoms with Gasteiger partial charge < -0.3 is 19.3 Å². The first-order valence-corrected chi connectivity index (χ1v) is 8.69. The Morgan fingerprint density at radius 2 is 2.32 bits per heavy atom. The van der Waals surface area contributed by atoms with Crippen molar-refractivity contribution in [1.29, 1.82) is 0 Å². The first-order chi connectivity index (χ1) is 12.1. The lowest BCUT2D eigenvalue weighted by Gasteiger charge is -2.13. The molecule has 4 heterocycles. The Morgan fingerprint density at radius 3 is 3.08 bits per heavy atom. The number of methoxy groups -OCH3 is 1. The number of hydrogen-bond donors (Lipinski definition) is 1. The quantitative estimate of drug-likeness (QED) is 0.705. The molecule has 1 saturated heterocycles. The standard InChI is InChI=1S/C16H16N4O4S/c1-8-5-11(20-24-8)14-18-10-3-4-25-13(10)15(19-14)23-9-6-12(17-7-9)16(21)22-2/h3-5,9,12,17H,6-7H2,1-2H3/t9-,12+/m1/s1. The van der Waals surface area contributed by atoms with Gasteiger partial charge in [-0.3, -0.25) is 4.79 Å². The summed E-state index contributed by atoms with van der Waals surface area (Å²) in [7, 11) is 1.38. The monoisotopic (exact) mass is 360 g/mol. The van der Waals surface area contributed by atoms with Gasteiger partial charge in [0.05, 0.1) is 12.6 Å². The zero-order valence-corrected chi connectivity index (χ0v) is 14.5. The van der Waals surface area contributed by atoms with Crippen molar-refractivity contribution < 1.29 is 18.8 Å². The van der Waals surface area contributed by atoms with Crippen LogP contribution in [0.3, 0.4) is 0 Å². The number of thiophene rings is 1. The summed E-state index contributed by atoms with van der Waals surface area (Å²) in [4.78, 5) is 20.7. The molecular formula is C16H16N4O4S. The molecule has 0 aromatic carbocycles. The van der Waals surface area contributed by atoms with Gasteiger partial charge in [0.2, 0.25) is 5.88 Å². The summed E-state index contributed by atoms with van der Waals surface area (Å²) >= 11 is 1.51. The Labute approximate surface area is 147 Å². The highest BCUT2D eigenvalue weighted by molar-refractivity contribution is 7.17. The average molecular weight is 360 g/mol. The molecular weight excluding hydrogens is 344 g/mol. The molecule has 2 atom stereocenters. The fourth-order valence-corrected chi connectivity index (χ4v) is 3.54. The highest BCUT2D eigenvalue weighted by Gasteiger charge is 2.32. The van der Waals surface area contributed by atoms with Crippen LogP contribution >= 0.6 is 11.3 Å². The molecule has 1 aliphatic heterocycles. The van der Waals surface area contributed by atoms with E-state index in [1.165, 1.54) is 18.4 Å². The number of aromatic nitrogens is 3. The van der Waals surface area contributed by atoms with Crippen LogP contribution in [0.25, 0.3) is 21.7 Å². The molecule has 0 saturated carbocycles. The van der Waals surface area contributed by atoms with Crippen LogP contribution in [0.2, 0.25) is 0 Å². The van der Waals surface area contributed by atoms with E-state index in [4.69, 9.17) is 14.0 Å². The average Bonchev–Trinajstić information content (AvgIpc) is 3.34. The van der Waals surface area contributed by atoms with Crippen LogP contribution in [0, 0.1) is 6.92 Å². The zero-order valence-electron chi connectivity index (χ0n) is 13.7. The van der Waals surface area contributed by atoms with Crippen LogP contribution in [0.4, 0.5) is 0 Å². The molecule has 130 valence electrons. The van der Waals surface area contributed by atoms with Crippen molar-refractivity contribution in [2.45, 2.75) is 25.5 Å². The number of nitrogens with zero attached hydrogens (tertiary/aromatic N) is 3. The summed E-state index contributed by atoms with van der Waals surface area (Å²) in [6, 6.07) is 3.34. The molecule has 0 amide bonds. The lowest BCUT2D eigenvalue weighted by Crippen LogP contribution is -2.31. The van der Waals surface area contributed by atoms with Gasteiger partial charge in [-0.15, -0.1) is 11.3 Å². The summed E-state index contributed by atoms with van der Waals surface area (Å²) in [5.41, 5.74) is 1.36. The third kappa shape index (κ3) is 3.08. The van der Waals surface area contributed by atoms with E-state index >= 15 is 0 Å². The van der Waals surface area contributed by atoms with Gasteiger partial charge in [0.15, 0.2) is 11.5 Å². The first kappa shape index (κ1) is 16.0. The van der Waals surface area contributed by atoms with Crippen LogP contribution in [0.15, 0.2) is 22.0 Å². The Morgan fingerprint density at radius 1 is 1.44 bits per heavy atom. The summed E-state index contributed by atoms with van der Waals surface area (Å²) in [6.07, 6.45) is 0.360. The van der Waals surface area contributed by atoms with E-state index in [0.717, 1.165) is 10.2 Å². The van der Waals surface area contributed by atoms with E-state index in [1.807, 2.05) is 18.4 Å². The van der Waals surface area contributed by atoms with Gasteiger partial charge in [-0.05, 0) is 18.4 Å². The molecule has 0 unspecified atom stereocenters. The Kier molecular flexibility index (Phi) is 4.10. The third-order valence-corrected chi connectivity index (χ3v) is 4.88. The van der Waals surface area contributed by atoms with E-state index in [2.05, 4.69) is 20.4 Å². The second-order valence-corrected chi connectivity index (χ2v) is 6.69. The van der Waals surface area contributed by atoms with Crippen LogP contribution in [0.5, 0.6) is 5.88 Å². The van der Waals surface area contributed by atoms with E-state index in [0.29, 0.717) is 36.1 Å². The maximum atomic E-state index is 11.6. The van der Waals surface area contributed by atoms with Crippen LogP contribution in [0.1, 0.15) is 12.2 Å². The SMILES string of the molecule is COC(=O)[C@@H]1C[C@@H](Oc2nc(-c3cc(C)on3)nc3ccsc23)CN1. The van der Waals surface area contributed by atoms with Crippen molar-refractivity contribution in [3.63, 3.8) is 0 Å². The van der Waals surface area contributed by atoms with Crippen molar-refractivity contribution in [1.82, 2.24) is 20.4 Å². The normalized spacial score (nSPS) is 20.1. The minimum atomic E-state index is -0.353. The number of fused-ring (bicyclic) bond motifs is 1. The number of rotatable bonds is 4. The van der Waals surface area contributed by atoms with Gasteiger partial charge in [0.1, 0.15) is 22.6 Å². The highest BCUT2D eigenvalue weighted by atomic mass is 32.1. The highest BCUT2D eigenvalue weighted by Crippen LogP contribution is 2.32. The predicted molar refractivity (Wildman–Crippen MR) is 90.5 cm³/mol. The van der Waals surface area contributed by atoms with Gasteiger partial charge in [0, 0.05) is 19.0 Å². The lowest BCUT2D eigenvalue weighted by molar-refractivity contribution is -0.142. The first-order valence-electron chi connectivity index (χ1n) is 7.81. The topological polar surface area (TPSA) is 99.4 Å². The molecule has 0 aliphatic carbocycles. The maximum Gasteiger partial charge on any atom is 0.323 e. The number of carbonyl (C=O) groups excluding carboxylic acids is 1. The van der Waals surface area contributed by atoms with Crippen molar-refractivity contribution in [2.75, 3.05) is 13.7 Å². The second kappa shape index (κ2) is 6.41. The molecule has 3 aromatic heterocycles. The fraction of sp³-hybridized carbons (Fsp3) is 0.375. The minimum Gasteiger partial charge on any atom is -0.472 e. The Hall–Kier alpha value is -2.52. The predicted octanol–water partition coefficient (Wildman–Crippen LogP) is 1.94. The number of carbonyl (C=O) groups is 1. The molecule has 0 radical (unpaired) electrons. The van der Waals surface area contributed by atoms with Gasteiger partial charge in [-0.25, -0.2) is 4.98 Å². The fourth-order valence-electron chi connectivity index (χ4n) is 2.78. The molecule has 25 heavy (non-hydrogen) atoms. The van der Waals surface area contributed by atoms with E-state index in [-0.39, 0.29) is 18.1 Å². The van der Waals surface area contributed by atoms with Crippen molar-refractivity contribution >= 4 is 27.5 Å². The molecule has 3 aromatic rings. The lowest BCUT2D eigenvalue weighted by atomic mass is 10.2. The molecule has 1 aliphatic rings. The molecule has 0 bridgehead atoms. The summed E-state index contributed by atoms with van der Waals surface area (Å²) in [6.45, 7) is 2.36. The molecule has 1 fully saturated rings. The zero-order chi connectivity index (χ0) is 17.4. The van der Waals surface area contributed by atoms with Crippen LogP contribution in [-0.2, 0) is 9.53 Å². The van der Waals surface area contributed by atoms with E-state index in [1.54, 1.807) is 6.07 Å². The molecule has 9 heteroatoms. The van der Waals surface area contributed by atoms with Gasteiger partial charge in [-0.2, -0.15) is 4.98 Å². The molecule has 4 rings (SSSR count). The minimum absolute atomic E-state index is 0.170. The largest absolute Gasteiger partial charge is 0.472 e. The Bertz CT molecular complexity index is 922. The van der Waals surface area contributed by atoms with Gasteiger partial charge in [0.25, 0.3) is 0 Å². The third-order valence-electron chi connectivity index (χ3n) is 3.98. The summed E-state index contributed by atoms with van der Waals surface area (Å²) in [5, 5.41) is 9.01. The van der Waals surface area contributed by atoms with Crippen molar-refractivity contribution in [3.05, 3.63) is 23.3 Å². The van der Waals surface area contributed by atoms with Gasteiger partial charge >= 0.3 is 5.97 Å². The Balaban J connectivity index is 1.63. The van der Waals surface area contributed by atoms with Crippen molar-refractivity contribution in [2.24, 2.45) is 0 Å². The summed E-state index contributed by atoms with van der Waals surface area (Å²) in [5.74, 6) is 1.35. The molecule has 8 nitrogen and oxygen atoms in total. The van der Waals surface area contributed by atoms with Gasteiger partial charge in [-0.1, -0.05) is 5.16 Å². The number of esters is 1. The van der Waals surface area contributed by atoms with Crippen molar-refractivity contribution in [3.8, 4) is 17.4 Å². The van der Waals surface area contributed by atoms with E-state index in [9.17, 15) is 4.79 Å².